The molecule has 1 nitrogen and oxygen atoms in total. The fraction of sp³-hybridized carbons (Fsp3) is 0.571. The predicted molar refractivity (Wildman–Crippen MR) is 75.2 cm³/mol. The third-order valence-corrected chi connectivity index (χ3v) is 5.10. The molecule has 1 aromatic carbocycles. The summed E-state index contributed by atoms with van der Waals surface area (Å²) in [6.45, 7) is 0.867. The van der Waals surface area contributed by atoms with Gasteiger partial charge in [0.2, 0.25) is 0 Å². The normalized spacial score (nSPS) is 36.1. The van der Waals surface area contributed by atoms with Gasteiger partial charge in [0.15, 0.2) is 0 Å². The number of hydrogen-bond acceptors (Lipinski definition) is 1. The number of fused-ring (bicyclic) bond motifs is 1. The Morgan fingerprint density at radius 2 is 1.81 bits per heavy atom. The SMILES string of the molecule is NCC1(Cc2ccc(I)cc2)CC2CC2C1. The molecular weight excluding hydrogens is 309 g/mol. The predicted octanol–water partition coefficient (Wildman–Crippen LogP) is 3.21. The van der Waals surface area contributed by atoms with Crippen LogP contribution in [0.1, 0.15) is 24.8 Å². The highest BCUT2D eigenvalue weighted by atomic mass is 127. The van der Waals surface area contributed by atoms with E-state index in [1.807, 2.05) is 0 Å². The number of halogens is 1. The van der Waals surface area contributed by atoms with Crippen molar-refractivity contribution in [3.63, 3.8) is 0 Å². The van der Waals surface area contributed by atoms with Crippen LogP contribution in [0, 0.1) is 20.8 Å². The number of nitrogens with two attached hydrogens (primary N) is 1. The lowest BCUT2D eigenvalue weighted by Crippen LogP contribution is -2.31. The van der Waals surface area contributed by atoms with Gasteiger partial charge in [0.1, 0.15) is 0 Å². The third kappa shape index (κ3) is 2.02. The van der Waals surface area contributed by atoms with Crippen LogP contribution in [0.25, 0.3) is 0 Å². The molecule has 0 aromatic heterocycles. The van der Waals surface area contributed by atoms with Crippen molar-refractivity contribution in [2.45, 2.75) is 25.7 Å². The molecule has 3 rings (SSSR count). The maximum Gasteiger partial charge on any atom is 0.0130 e. The zero-order valence-electron chi connectivity index (χ0n) is 9.45. The fourth-order valence-electron chi connectivity index (χ4n) is 3.42. The van der Waals surface area contributed by atoms with Crippen LogP contribution >= 0.6 is 22.6 Å². The topological polar surface area (TPSA) is 26.0 Å². The molecule has 0 amide bonds. The van der Waals surface area contributed by atoms with E-state index in [4.69, 9.17) is 5.73 Å². The lowest BCUT2D eigenvalue weighted by Gasteiger charge is -2.29. The molecule has 0 spiro atoms. The second-order valence-corrected chi connectivity index (χ2v) is 6.92. The molecule has 0 heterocycles. The van der Waals surface area contributed by atoms with Crippen LogP contribution in [0.4, 0.5) is 0 Å². The molecule has 2 heteroatoms. The van der Waals surface area contributed by atoms with Crippen LogP contribution in [0.5, 0.6) is 0 Å². The highest BCUT2D eigenvalue weighted by Gasteiger charge is 2.52. The average Bonchev–Trinajstić information content (AvgIpc) is 2.91. The van der Waals surface area contributed by atoms with Gasteiger partial charge in [-0.1, -0.05) is 12.1 Å². The molecule has 2 unspecified atom stereocenters. The van der Waals surface area contributed by atoms with Crippen LogP contribution in [-0.4, -0.2) is 6.54 Å². The molecule has 2 saturated carbocycles. The number of hydrogen-bond donors (Lipinski definition) is 1. The van der Waals surface area contributed by atoms with Crippen molar-refractivity contribution in [1.29, 1.82) is 0 Å². The fourth-order valence-corrected chi connectivity index (χ4v) is 3.78. The Balaban J connectivity index is 1.75. The largest absolute Gasteiger partial charge is 0.330 e. The highest BCUT2D eigenvalue weighted by Crippen LogP contribution is 2.60. The Kier molecular flexibility index (Phi) is 2.75. The van der Waals surface area contributed by atoms with Crippen molar-refractivity contribution in [3.8, 4) is 0 Å². The van der Waals surface area contributed by atoms with E-state index in [0.717, 1.165) is 18.4 Å². The first-order valence-electron chi connectivity index (χ1n) is 6.15. The van der Waals surface area contributed by atoms with Gasteiger partial charge in [-0.2, -0.15) is 0 Å². The summed E-state index contributed by atoms with van der Waals surface area (Å²) in [4.78, 5) is 0. The number of benzene rings is 1. The van der Waals surface area contributed by atoms with Crippen molar-refractivity contribution < 1.29 is 0 Å². The van der Waals surface area contributed by atoms with Crippen molar-refractivity contribution in [2.75, 3.05) is 6.54 Å². The van der Waals surface area contributed by atoms with Crippen molar-refractivity contribution in [1.82, 2.24) is 0 Å². The van der Waals surface area contributed by atoms with E-state index in [9.17, 15) is 0 Å². The van der Waals surface area contributed by atoms with Gasteiger partial charge in [0, 0.05) is 3.57 Å². The van der Waals surface area contributed by atoms with Crippen molar-refractivity contribution >= 4 is 22.6 Å². The molecule has 2 fully saturated rings. The standard InChI is InChI=1S/C14H18IN/c15-13-3-1-10(2-4-13)6-14(9-16)7-11-5-12(11)8-14/h1-4,11-12H,5-9,16H2. The maximum absolute atomic E-state index is 6.03. The monoisotopic (exact) mass is 327 g/mol. The smallest absolute Gasteiger partial charge is 0.0130 e. The Hall–Kier alpha value is -0.0900. The average molecular weight is 327 g/mol. The second kappa shape index (κ2) is 3.98. The summed E-state index contributed by atoms with van der Waals surface area (Å²) in [5, 5.41) is 0. The first kappa shape index (κ1) is 11.0. The van der Waals surface area contributed by atoms with Gasteiger partial charge < -0.3 is 5.73 Å². The zero-order valence-corrected chi connectivity index (χ0v) is 11.6. The Morgan fingerprint density at radius 3 is 2.38 bits per heavy atom. The minimum atomic E-state index is 0.431. The number of rotatable bonds is 3. The molecule has 2 atom stereocenters. The molecule has 1 aromatic rings. The molecule has 86 valence electrons. The maximum atomic E-state index is 6.03. The van der Waals surface area contributed by atoms with Gasteiger partial charge in [-0.15, -0.1) is 0 Å². The molecule has 0 aliphatic heterocycles. The highest BCUT2D eigenvalue weighted by molar-refractivity contribution is 14.1. The molecule has 2 aliphatic carbocycles. The van der Waals surface area contributed by atoms with E-state index in [-0.39, 0.29) is 0 Å². The van der Waals surface area contributed by atoms with Gasteiger partial charge in [0.05, 0.1) is 0 Å². The van der Waals surface area contributed by atoms with Crippen molar-refractivity contribution in [3.05, 3.63) is 33.4 Å². The van der Waals surface area contributed by atoms with E-state index in [2.05, 4.69) is 46.9 Å². The summed E-state index contributed by atoms with van der Waals surface area (Å²) < 4.78 is 1.32. The van der Waals surface area contributed by atoms with E-state index in [0.29, 0.717) is 5.41 Å². The summed E-state index contributed by atoms with van der Waals surface area (Å²) in [5.74, 6) is 2.04. The summed E-state index contributed by atoms with van der Waals surface area (Å²) >= 11 is 2.36. The Labute approximate surface area is 111 Å². The van der Waals surface area contributed by atoms with Gasteiger partial charge in [0.25, 0.3) is 0 Å². The quantitative estimate of drug-likeness (QED) is 0.848. The Bertz CT molecular complexity index is 374. The van der Waals surface area contributed by atoms with Crippen LogP contribution in [0.3, 0.4) is 0 Å². The van der Waals surface area contributed by atoms with Crippen LogP contribution in [-0.2, 0) is 6.42 Å². The van der Waals surface area contributed by atoms with E-state index in [1.54, 1.807) is 0 Å². The molecule has 16 heavy (non-hydrogen) atoms. The molecule has 0 saturated heterocycles. The molecule has 0 radical (unpaired) electrons. The van der Waals surface area contributed by atoms with E-state index < -0.39 is 0 Å². The van der Waals surface area contributed by atoms with E-state index in [1.165, 1.54) is 34.8 Å². The van der Waals surface area contributed by atoms with Crippen LogP contribution < -0.4 is 5.73 Å². The van der Waals surface area contributed by atoms with E-state index >= 15 is 0 Å². The summed E-state index contributed by atoms with van der Waals surface area (Å²) in [6.07, 6.45) is 5.42. The van der Waals surface area contributed by atoms with Gasteiger partial charge in [-0.05, 0) is 89.8 Å². The lowest BCUT2D eigenvalue weighted by molar-refractivity contribution is 0.273. The molecule has 2 N–H and O–H groups in total. The van der Waals surface area contributed by atoms with Gasteiger partial charge in [-0.25, -0.2) is 0 Å². The molecule has 2 aliphatic rings. The van der Waals surface area contributed by atoms with Gasteiger partial charge >= 0.3 is 0 Å². The second-order valence-electron chi connectivity index (χ2n) is 5.67. The minimum absolute atomic E-state index is 0.431. The summed E-state index contributed by atoms with van der Waals surface area (Å²) in [7, 11) is 0. The Morgan fingerprint density at radius 1 is 1.19 bits per heavy atom. The zero-order chi connectivity index (χ0) is 11.2. The molecular formula is C14H18IN. The van der Waals surface area contributed by atoms with Gasteiger partial charge in [-0.3, -0.25) is 0 Å². The molecule has 0 bridgehead atoms. The summed E-state index contributed by atoms with van der Waals surface area (Å²) in [5.41, 5.74) is 7.92. The first-order valence-corrected chi connectivity index (χ1v) is 7.23. The van der Waals surface area contributed by atoms with Crippen LogP contribution in [0.2, 0.25) is 0 Å². The first-order chi connectivity index (χ1) is 7.71. The third-order valence-electron chi connectivity index (χ3n) is 4.38. The lowest BCUT2D eigenvalue weighted by atomic mass is 9.77. The summed E-state index contributed by atoms with van der Waals surface area (Å²) in [6, 6.07) is 8.94. The van der Waals surface area contributed by atoms with Crippen LogP contribution in [0.15, 0.2) is 24.3 Å². The van der Waals surface area contributed by atoms with Crippen molar-refractivity contribution in [2.24, 2.45) is 23.0 Å². The minimum Gasteiger partial charge on any atom is -0.330 e.